The van der Waals surface area contributed by atoms with Crippen molar-refractivity contribution in [2.45, 2.75) is 39.5 Å². The van der Waals surface area contributed by atoms with Gasteiger partial charge in [-0.15, -0.1) is 0 Å². The Labute approximate surface area is 145 Å². The number of nitrogens with one attached hydrogen (secondary N) is 2. The van der Waals surface area contributed by atoms with E-state index in [9.17, 15) is 9.59 Å². The van der Waals surface area contributed by atoms with Crippen LogP contribution in [0.4, 0.5) is 5.69 Å². The van der Waals surface area contributed by atoms with Crippen LogP contribution in [-0.4, -0.2) is 15.9 Å². The zero-order chi connectivity index (χ0) is 17.8. The molecule has 0 atom stereocenters. The van der Waals surface area contributed by atoms with Gasteiger partial charge in [0, 0.05) is 5.69 Å². The molecule has 0 fully saturated rings. The number of carbonyl (C=O) groups is 1. The van der Waals surface area contributed by atoms with Crippen molar-refractivity contribution in [2.75, 3.05) is 5.32 Å². The fourth-order valence-electron chi connectivity index (χ4n) is 2.85. The van der Waals surface area contributed by atoms with Gasteiger partial charge in [0.05, 0.1) is 11.9 Å². The summed E-state index contributed by atoms with van der Waals surface area (Å²) in [5, 5.41) is 2.99. The maximum absolute atomic E-state index is 12.6. The van der Waals surface area contributed by atoms with Crippen molar-refractivity contribution in [2.24, 2.45) is 0 Å². The van der Waals surface area contributed by atoms with E-state index in [0.717, 1.165) is 12.8 Å². The summed E-state index contributed by atoms with van der Waals surface area (Å²) in [4.78, 5) is 31.0. The summed E-state index contributed by atoms with van der Waals surface area (Å²) in [5.41, 5.74) is 1.92. The molecule has 0 radical (unpaired) electrons. The minimum Gasteiger partial charge on any atom is -0.442 e. The summed E-state index contributed by atoms with van der Waals surface area (Å²) in [5.74, 6) is -0.0126. The predicted molar refractivity (Wildman–Crippen MR) is 97.0 cm³/mol. The number of H-pyrrole nitrogens is 1. The first kappa shape index (κ1) is 17.0. The number of furan rings is 1. The molecule has 1 amide bonds. The van der Waals surface area contributed by atoms with Gasteiger partial charge in [0.2, 0.25) is 5.71 Å². The number of hydrogen-bond donors (Lipinski definition) is 2. The maximum atomic E-state index is 12.6. The Hall–Kier alpha value is -2.89. The molecule has 1 aromatic carbocycles. The van der Waals surface area contributed by atoms with Gasteiger partial charge >= 0.3 is 0 Å². The van der Waals surface area contributed by atoms with Crippen molar-refractivity contribution in [1.82, 2.24) is 9.97 Å². The molecular weight excluding hydrogens is 318 g/mol. The first-order chi connectivity index (χ1) is 12.1. The molecule has 2 aromatic heterocycles. The summed E-state index contributed by atoms with van der Waals surface area (Å²) in [6.45, 7) is 3.83. The zero-order valence-electron chi connectivity index (χ0n) is 14.4. The molecular formula is C19H21N3O3. The highest BCUT2D eigenvalue weighted by Crippen LogP contribution is 2.22. The van der Waals surface area contributed by atoms with Crippen LogP contribution in [0.15, 0.2) is 39.8 Å². The molecule has 2 heterocycles. The van der Waals surface area contributed by atoms with E-state index in [1.807, 2.05) is 24.3 Å². The van der Waals surface area contributed by atoms with Crippen LogP contribution >= 0.6 is 0 Å². The highest BCUT2D eigenvalue weighted by Gasteiger charge is 2.21. The fourth-order valence-corrected chi connectivity index (χ4v) is 2.85. The summed E-state index contributed by atoms with van der Waals surface area (Å²) in [6, 6.07) is 7.78. The third-order valence-electron chi connectivity index (χ3n) is 4.18. The number of fused-ring (bicyclic) bond motifs is 1. The van der Waals surface area contributed by atoms with Crippen LogP contribution in [-0.2, 0) is 6.42 Å². The van der Waals surface area contributed by atoms with Crippen molar-refractivity contribution >= 4 is 22.7 Å². The minimum absolute atomic E-state index is 0.165. The second-order valence-electron chi connectivity index (χ2n) is 6.05. The van der Waals surface area contributed by atoms with E-state index in [1.54, 1.807) is 6.92 Å². The quantitative estimate of drug-likeness (QED) is 0.668. The van der Waals surface area contributed by atoms with Gasteiger partial charge in [-0.2, -0.15) is 0 Å². The number of rotatable bonds is 6. The maximum Gasteiger partial charge on any atom is 0.262 e. The van der Waals surface area contributed by atoms with E-state index in [4.69, 9.17) is 4.42 Å². The first-order valence-corrected chi connectivity index (χ1v) is 8.47. The molecule has 2 N–H and O–H groups in total. The lowest BCUT2D eigenvalue weighted by atomic mass is 10.1. The SMILES string of the molecule is CCCCCc1ccc(NC(=O)c2c(C)oc3nc[nH]c(=O)c23)cc1. The number of carbonyl (C=O) groups excluding carboxylic acids is 1. The standard InChI is InChI=1S/C19H21N3O3/c1-3-4-5-6-13-7-9-14(10-8-13)22-18(24)15-12(2)25-19-16(15)17(23)20-11-21-19/h7-11H,3-6H2,1-2H3,(H,22,24)(H,20,21,23). The summed E-state index contributed by atoms with van der Waals surface area (Å²) in [7, 11) is 0. The van der Waals surface area contributed by atoms with Crippen molar-refractivity contribution in [1.29, 1.82) is 0 Å². The van der Waals surface area contributed by atoms with Gasteiger partial charge in [0.25, 0.3) is 11.5 Å². The van der Waals surface area contributed by atoms with Crippen LogP contribution in [0.2, 0.25) is 0 Å². The zero-order valence-corrected chi connectivity index (χ0v) is 14.4. The molecule has 130 valence electrons. The summed E-state index contributed by atoms with van der Waals surface area (Å²) in [6.07, 6.45) is 5.87. The Kier molecular flexibility index (Phi) is 4.97. The van der Waals surface area contributed by atoms with Gasteiger partial charge in [-0.25, -0.2) is 4.98 Å². The second kappa shape index (κ2) is 7.34. The van der Waals surface area contributed by atoms with Crippen molar-refractivity contribution < 1.29 is 9.21 Å². The third-order valence-corrected chi connectivity index (χ3v) is 4.18. The monoisotopic (exact) mass is 339 g/mol. The van der Waals surface area contributed by atoms with E-state index in [1.165, 1.54) is 24.7 Å². The minimum atomic E-state index is -0.390. The van der Waals surface area contributed by atoms with E-state index in [-0.39, 0.29) is 22.6 Å². The Balaban J connectivity index is 1.79. The number of aromatic amines is 1. The van der Waals surface area contributed by atoms with Gasteiger partial charge in [-0.1, -0.05) is 31.9 Å². The number of unbranched alkanes of at least 4 members (excludes halogenated alkanes) is 2. The molecule has 6 nitrogen and oxygen atoms in total. The van der Waals surface area contributed by atoms with Gasteiger partial charge < -0.3 is 14.7 Å². The highest BCUT2D eigenvalue weighted by atomic mass is 16.3. The lowest BCUT2D eigenvalue weighted by Crippen LogP contribution is -2.16. The predicted octanol–water partition coefficient (Wildman–Crippen LogP) is 3.81. The van der Waals surface area contributed by atoms with Gasteiger partial charge in [0.1, 0.15) is 11.1 Å². The fraction of sp³-hybridized carbons (Fsp3) is 0.316. The van der Waals surface area contributed by atoms with Gasteiger partial charge in [-0.05, 0) is 37.5 Å². The van der Waals surface area contributed by atoms with Crippen LogP contribution in [0, 0.1) is 6.92 Å². The average molecular weight is 339 g/mol. The van der Waals surface area contributed by atoms with Crippen LogP contribution in [0.1, 0.15) is 47.9 Å². The molecule has 0 unspecified atom stereocenters. The molecule has 3 rings (SSSR count). The molecule has 6 heteroatoms. The average Bonchev–Trinajstić information content (AvgIpc) is 2.94. The molecule has 0 saturated heterocycles. The number of amides is 1. The van der Waals surface area contributed by atoms with Crippen LogP contribution in [0.3, 0.4) is 0 Å². The summed E-state index contributed by atoms with van der Waals surface area (Å²) < 4.78 is 5.42. The Morgan fingerprint density at radius 2 is 2.00 bits per heavy atom. The Morgan fingerprint density at radius 3 is 2.72 bits per heavy atom. The van der Waals surface area contributed by atoms with Gasteiger partial charge in [-0.3, -0.25) is 9.59 Å². The van der Waals surface area contributed by atoms with Crippen molar-refractivity contribution in [3.63, 3.8) is 0 Å². The van der Waals surface area contributed by atoms with Crippen LogP contribution < -0.4 is 10.9 Å². The molecule has 0 saturated carbocycles. The lowest BCUT2D eigenvalue weighted by molar-refractivity contribution is 0.102. The smallest absolute Gasteiger partial charge is 0.262 e. The van der Waals surface area contributed by atoms with E-state index in [2.05, 4.69) is 22.2 Å². The number of aryl methyl sites for hydroxylation is 2. The van der Waals surface area contributed by atoms with E-state index >= 15 is 0 Å². The van der Waals surface area contributed by atoms with Crippen molar-refractivity contribution in [3.05, 3.63) is 57.8 Å². The van der Waals surface area contributed by atoms with Crippen LogP contribution in [0.25, 0.3) is 11.1 Å². The van der Waals surface area contributed by atoms with Crippen LogP contribution in [0.5, 0.6) is 0 Å². The molecule has 0 aliphatic heterocycles. The molecule has 0 aliphatic carbocycles. The largest absolute Gasteiger partial charge is 0.442 e. The summed E-state index contributed by atoms with van der Waals surface area (Å²) >= 11 is 0. The number of hydrogen-bond acceptors (Lipinski definition) is 4. The molecule has 0 aliphatic rings. The molecule has 25 heavy (non-hydrogen) atoms. The van der Waals surface area contributed by atoms with E-state index < -0.39 is 5.56 Å². The Morgan fingerprint density at radius 1 is 1.24 bits per heavy atom. The third kappa shape index (κ3) is 3.63. The number of nitrogens with zero attached hydrogens (tertiary/aromatic N) is 1. The second-order valence-corrected chi connectivity index (χ2v) is 6.05. The molecule has 0 bridgehead atoms. The van der Waals surface area contributed by atoms with Gasteiger partial charge in [0.15, 0.2) is 0 Å². The normalized spacial score (nSPS) is 11.0. The van der Waals surface area contributed by atoms with Crippen molar-refractivity contribution in [3.8, 4) is 0 Å². The first-order valence-electron chi connectivity index (χ1n) is 8.47. The number of benzene rings is 1. The molecule has 3 aromatic rings. The Bertz CT molecular complexity index is 939. The van der Waals surface area contributed by atoms with E-state index in [0.29, 0.717) is 11.4 Å². The number of aromatic nitrogens is 2. The number of anilines is 1. The molecule has 0 spiro atoms. The highest BCUT2D eigenvalue weighted by molar-refractivity contribution is 6.12. The topological polar surface area (TPSA) is 88.0 Å². The lowest BCUT2D eigenvalue weighted by Gasteiger charge is -2.06.